The van der Waals surface area contributed by atoms with Crippen LogP contribution in [0.15, 0.2) is 48.5 Å². The van der Waals surface area contributed by atoms with E-state index in [9.17, 15) is 4.79 Å². The molecular formula is C18H22N2O3. The predicted octanol–water partition coefficient (Wildman–Crippen LogP) is 2.59. The summed E-state index contributed by atoms with van der Waals surface area (Å²) in [6.45, 7) is 2.22. The highest BCUT2D eigenvalue weighted by Gasteiger charge is 2.09. The maximum absolute atomic E-state index is 11.9. The molecule has 2 aromatic rings. The zero-order valence-electron chi connectivity index (χ0n) is 13.4. The minimum Gasteiger partial charge on any atom is -0.497 e. The van der Waals surface area contributed by atoms with Crippen LogP contribution >= 0.6 is 0 Å². The van der Waals surface area contributed by atoms with Crippen LogP contribution in [0.25, 0.3) is 0 Å². The number of hydrogen-bond donors (Lipinski definition) is 3. The summed E-state index contributed by atoms with van der Waals surface area (Å²) in [5.41, 5.74) is 2.51. The molecule has 0 fully saturated rings. The lowest BCUT2D eigenvalue weighted by molar-refractivity contribution is 0.0945. The number of hydrogen-bond acceptors (Lipinski definition) is 4. The van der Waals surface area contributed by atoms with E-state index < -0.39 is 0 Å². The molecule has 5 nitrogen and oxygen atoms in total. The van der Waals surface area contributed by atoms with Crippen molar-refractivity contribution in [3.63, 3.8) is 0 Å². The van der Waals surface area contributed by atoms with Gasteiger partial charge in [-0.05, 0) is 42.8 Å². The minimum absolute atomic E-state index is 0.0702. The third-order valence-corrected chi connectivity index (χ3v) is 3.50. The van der Waals surface area contributed by atoms with E-state index in [4.69, 9.17) is 9.84 Å². The van der Waals surface area contributed by atoms with Crippen molar-refractivity contribution in [1.82, 2.24) is 5.32 Å². The van der Waals surface area contributed by atoms with Crippen LogP contribution in [0, 0.1) is 0 Å². The first-order valence-electron chi connectivity index (χ1n) is 7.53. The first-order valence-corrected chi connectivity index (χ1v) is 7.53. The van der Waals surface area contributed by atoms with Crippen LogP contribution in [-0.4, -0.2) is 31.3 Å². The van der Waals surface area contributed by atoms with E-state index in [2.05, 4.69) is 10.6 Å². The van der Waals surface area contributed by atoms with E-state index in [1.807, 2.05) is 43.3 Å². The molecule has 0 aliphatic rings. The summed E-state index contributed by atoms with van der Waals surface area (Å²) in [4.78, 5) is 11.9. The molecule has 5 heteroatoms. The second-order valence-corrected chi connectivity index (χ2v) is 5.20. The van der Waals surface area contributed by atoms with E-state index in [-0.39, 0.29) is 25.1 Å². The Kier molecular flexibility index (Phi) is 6.00. The molecule has 0 spiro atoms. The fourth-order valence-corrected chi connectivity index (χ4v) is 2.27. The smallest absolute Gasteiger partial charge is 0.251 e. The highest BCUT2D eigenvalue weighted by atomic mass is 16.5. The van der Waals surface area contributed by atoms with Gasteiger partial charge in [0.05, 0.1) is 13.7 Å². The summed E-state index contributed by atoms with van der Waals surface area (Å²) in [7, 11) is 1.64. The number of rotatable bonds is 7. The molecule has 0 aliphatic carbocycles. The molecule has 0 heterocycles. The Hall–Kier alpha value is -2.53. The predicted molar refractivity (Wildman–Crippen MR) is 90.9 cm³/mol. The van der Waals surface area contributed by atoms with Gasteiger partial charge in [0.1, 0.15) is 5.75 Å². The molecule has 0 radical (unpaired) electrons. The lowest BCUT2D eigenvalue weighted by Crippen LogP contribution is -2.26. The average Bonchev–Trinajstić information content (AvgIpc) is 2.59. The van der Waals surface area contributed by atoms with E-state index in [1.54, 1.807) is 19.2 Å². The van der Waals surface area contributed by atoms with Crippen molar-refractivity contribution in [2.24, 2.45) is 0 Å². The number of carbonyl (C=O) groups excluding carboxylic acids is 1. The van der Waals surface area contributed by atoms with Gasteiger partial charge in [-0.15, -0.1) is 0 Å². The van der Waals surface area contributed by atoms with Gasteiger partial charge in [0.25, 0.3) is 5.91 Å². The van der Waals surface area contributed by atoms with Crippen LogP contribution in [0.4, 0.5) is 5.69 Å². The fourth-order valence-electron chi connectivity index (χ4n) is 2.27. The molecule has 23 heavy (non-hydrogen) atoms. The quantitative estimate of drug-likeness (QED) is 0.734. The number of aliphatic hydroxyl groups excluding tert-OH is 1. The van der Waals surface area contributed by atoms with Gasteiger partial charge < -0.3 is 20.5 Å². The van der Waals surface area contributed by atoms with Gasteiger partial charge in [-0.1, -0.05) is 18.2 Å². The lowest BCUT2D eigenvalue weighted by atomic mass is 10.1. The SMILES string of the molecule is COc1cccc(C(C)Nc2cccc(C(=O)NCCO)c2)c1. The highest BCUT2D eigenvalue weighted by Crippen LogP contribution is 2.23. The fraction of sp³-hybridized carbons (Fsp3) is 0.278. The van der Waals surface area contributed by atoms with Gasteiger partial charge in [-0.2, -0.15) is 0 Å². The monoisotopic (exact) mass is 314 g/mol. The van der Waals surface area contributed by atoms with Gasteiger partial charge in [0, 0.05) is 23.8 Å². The summed E-state index contributed by atoms with van der Waals surface area (Å²) in [5, 5.41) is 14.8. The largest absolute Gasteiger partial charge is 0.497 e. The Morgan fingerprint density at radius 2 is 2.00 bits per heavy atom. The van der Waals surface area contributed by atoms with Crippen molar-refractivity contribution >= 4 is 11.6 Å². The first-order chi connectivity index (χ1) is 11.1. The lowest BCUT2D eigenvalue weighted by Gasteiger charge is -2.17. The van der Waals surface area contributed by atoms with Crippen molar-refractivity contribution < 1.29 is 14.6 Å². The van der Waals surface area contributed by atoms with E-state index in [0.717, 1.165) is 17.0 Å². The van der Waals surface area contributed by atoms with Gasteiger partial charge >= 0.3 is 0 Å². The van der Waals surface area contributed by atoms with Crippen LogP contribution in [0.2, 0.25) is 0 Å². The summed E-state index contributed by atoms with van der Waals surface area (Å²) >= 11 is 0. The molecule has 0 aromatic heterocycles. The van der Waals surface area contributed by atoms with Gasteiger partial charge in [-0.25, -0.2) is 0 Å². The summed E-state index contributed by atoms with van der Waals surface area (Å²) in [6, 6.07) is 15.2. The third-order valence-electron chi connectivity index (χ3n) is 3.50. The molecule has 3 N–H and O–H groups in total. The Balaban J connectivity index is 2.08. The molecule has 122 valence electrons. The summed E-state index contributed by atoms with van der Waals surface area (Å²) < 4.78 is 5.24. The van der Waals surface area contributed by atoms with Crippen LogP contribution in [-0.2, 0) is 0 Å². The molecule has 1 amide bonds. The van der Waals surface area contributed by atoms with E-state index in [0.29, 0.717) is 5.56 Å². The standard InChI is InChI=1S/C18H22N2O3/c1-13(14-5-4-8-17(12-14)23-2)20-16-7-3-6-15(11-16)18(22)19-9-10-21/h3-8,11-13,20-21H,9-10H2,1-2H3,(H,19,22). The Morgan fingerprint density at radius 1 is 1.22 bits per heavy atom. The van der Waals surface area contributed by atoms with Gasteiger partial charge in [-0.3, -0.25) is 4.79 Å². The Bertz CT molecular complexity index is 658. The number of nitrogens with one attached hydrogen (secondary N) is 2. The molecule has 0 bridgehead atoms. The van der Waals surface area contributed by atoms with Crippen molar-refractivity contribution in [3.05, 3.63) is 59.7 Å². The van der Waals surface area contributed by atoms with Gasteiger partial charge in [0.15, 0.2) is 0 Å². The molecule has 0 saturated heterocycles. The third kappa shape index (κ3) is 4.72. The maximum Gasteiger partial charge on any atom is 0.251 e. The van der Waals surface area contributed by atoms with E-state index in [1.165, 1.54) is 0 Å². The molecule has 0 aliphatic heterocycles. The summed E-state index contributed by atoms with van der Waals surface area (Å²) in [6.07, 6.45) is 0. The number of aliphatic hydroxyl groups is 1. The first kappa shape index (κ1) is 16.8. The van der Waals surface area contributed by atoms with Crippen LogP contribution in [0.3, 0.4) is 0 Å². The Labute approximate surface area is 136 Å². The normalized spacial score (nSPS) is 11.6. The number of ether oxygens (including phenoxy) is 1. The zero-order valence-corrected chi connectivity index (χ0v) is 13.4. The molecule has 1 unspecified atom stereocenters. The van der Waals surface area contributed by atoms with Crippen LogP contribution in [0.1, 0.15) is 28.9 Å². The summed E-state index contributed by atoms with van der Waals surface area (Å²) in [5.74, 6) is 0.616. The van der Waals surface area contributed by atoms with Crippen molar-refractivity contribution in [3.8, 4) is 5.75 Å². The average molecular weight is 314 g/mol. The zero-order chi connectivity index (χ0) is 16.7. The molecule has 2 aromatic carbocycles. The van der Waals surface area contributed by atoms with Crippen molar-refractivity contribution in [2.45, 2.75) is 13.0 Å². The van der Waals surface area contributed by atoms with E-state index >= 15 is 0 Å². The van der Waals surface area contributed by atoms with Crippen LogP contribution < -0.4 is 15.4 Å². The molecule has 0 saturated carbocycles. The number of benzene rings is 2. The molecular weight excluding hydrogens is 292 g/mol. The highest BCUT2D eigenvalue weighted by molar-refractivity contribution is 5.95. The van der Waals surface area contributed by atoms with Crippen LogP contribution in [0.5, 0.6) is 5.75 Å². The molecule has 2 rings (SSSR count). The van der Waals surface area contributed by atoms with Gasteiger partial charge in [0.2, 0.25) is 0 Å². The van der Waals surface area contributed by atoms with Crippen molar-refractivity contribution in [1.29, 1.82) is 0 Å². The Morgan fingerprint density at radius 3 is 2.74 bits per heavy atom. The second kappa shape index (κ2) is 8.19. The van der Waals surface area contributed by atoms with Crippen molar-refractivity contribution in [2.75, 3.05) is 25.6 Å². The number of carbonyl (C=O) groups is 1. The number of methoxy groups -OCH3 is 1. The molecule has 1 atom stereocenters. The minimum atomic E-state index is -0.197. The maximum atomic E-state index is 11.9. The topological polar surface area (TPSA) is 70.6 Å². The second-order valence-electron chi connectivity index (χ2n) is 5.20. The number of anilines is 1. The number of amides is 1.